The van der Waals surface area contributed by atoms with Crippen molar-refractivity contribution < 1.29 is 19.1 Å². The lowest BCUT2D eigenvalue weighted by molar-refractivity contribution is -0.142. The summed E-state index contributed by atoms with van der Waals surface area (Å²) in [6, 6.07) is 9.61. The minimum Gasteiger partial charge on any atom is -0.481 e. The number of nitrogens with one attached hydrogen (secondary N) is 1. The minimum atomic E-state index is -0.873. The summed E-state index contributed by atoms with van der Waals surface area (Å²) >= 11 is 1.41. The van der Waals surface area contributed by atoms with Crippen molar-refractivity contribution in [1.29, 1.82) is 0 Å². The van der Waals surface area contributed by atoms with Crippen molar-refractivity contribution in [3.63, 3.8) is 0 Å². The molecule has 140 valence electrons. The molecule has 26 heavy (non-hydrogen) atoms. The second-order valence-electron chi connectivity index (χ2n) is 6.47. The van der Waals surface area contributed by atoms with Gasteiger partial charge in [-0.2, -0.15) is 0 Å². The first kappa shape index (κ1) is 20.0. The summed E-state index contributed by atoms with van der Waals surface area (Å²) in [4.78, 5) is 27.5. The standard InChI is InChI=1S/C19H24N2O4S/c1-13(2)8-15(19(23)24)9-20-17(22)12-26-11-16-10-25-18(21-16)14-6-4-3-5-7-14/h3-7,10,13,15H,8-9,11-12H2,1-2H3,(H,20,22)(H,23,24). The molecule has 1 unspecified atom stereocenters. The van der Waals surface area contributed by atoms with Crippen LogP contribution in [0.3, 0.4) is 0 Å². The number of aliphatic carboxylic acids is 1. The van der Waals surface area contributed by atoms with E-state index in [1.807, 2.05) is 44.2 Å². The van der Waals surface area contributed by atoms with Crippen LogP contribution < -0.4 is 5.32 Å². The Labute approximate surface area is 157 Å². The Kier molecular flexibility index (Phi) is 7.72. The monoisotopic (exact) mass is 376 g/mol. The Morgan fingerprint density at radius 2 is 2.00 bits per heavy atom. The Morgan fingerprint density at radius 1 is 1.27 bits per heavy atom. The number of rotatable bonds is 10. The number of benzene rings is 1. The zero-order chi connectivity index (χ0) is 18.9. The molecule has 1 aromatic carbocycles. The van der Waals surface area contributed by atoms with E-state index in [0.717, 1.165) is 11.3 Å². The zero-order valence-electron chi connectivity index (χ0n) is 15.0. The topological polar surface area (TPSA) is 92.4 Å². The molecule has 1 amide bonds. The average Bonchev–Trinajstić information content (AvgIpc) is 3.08. The van der Waals surface area contributed by atoms with Crippen molar-refractivity contribution in [1.82, 2.24) is 10.3 Å². The lowest BCUT2D eigenvalue weighted by atomic mass is 9.97. The molecule has 2 rings (SSSR count). The van der Waals surface area contributed by atoms with E-state index in [1.54, 1.807) is 6.26 Å². The summed E-state index contributed by atoms with van der Waals surface area (Å²) in [6.45, 7) is 4.10. The number of carboxylic acid groups (broad SMARTS) is 1. The molecular formula is C19H24N2O4S. The van der Waals surface area contributed by atoms with Gasteiger partial charge in [-0.15, -0.1) is 11.8 Å². The Balaban J connectivity index is 1.73. The number of aromatic nitrogens is 1. The van der Waals surface area contributed by atoms with Crippen LogP contribution in [0.4, 0.5) is 0 Å². The van der Waals surface area contributed by atoms with Gasteiger partial charge in [0.2, 0.25) is 11.8 Å². The van der Waals surface area contributed by atoms with Crippen LogP contribution in [0.2, 0.25) is 0 Å². The summed E-state index contributed by atoms with van der Waals surface area (Å²) in [5, 5.41) is 11.9. The van der Waals surface area contributed by atoms with Gasteiger partial charge in [0.1, 0.15) is 6.26 Å². The van der Waals surface area contributed by atoms with E-state index >= 15 is 0 Å². The van der Waals surface area contributed by atoms with Gasteiger partial charge in [0, 0.05) is 17.9 Å². The first-order valence-corrected chi connectivity index (χ1v) is 9.68. The lowest BCUT2D eigenvalue weighted by Gasteiger charge is -2.15. The molecule has 1 atom stereocenters. The molecule has 0 saturated carbocycles. The van der Waals surface area contributed by atoms with Crippen LogP contribution in [-0.4, -0.2) is 34.3 Å². The molecule has 1 heterocycles. The van der Waals surface area contributed by atoms with Crippen molar-refractivity contribution in [2.75, 3.05) is 12.3 Å². The quantitative estimate of drug-likeness (QED) is 0.660. The summed E-state index contributed by atoms with van der Waals surface area (Å²) in [5.74, 6) is 0.0454. The van der Waals surface area contributed by atoms with Gasteiger partial charge < -0.3 is 14.8 Å². The number of thioether (sulfide) groups is 1. The summed E-state index contributed by atoms with van der Waals surface area (Å²) in [5.41, 5.74) is 1.68. The van der Waals surface area contributed by atoms with Crippen LogP contribution in [0, 0.1) is 11.8 Å². The third kappa shape index (κ3) is 6.55. The number of carbonyl (C=O) groups is 2. The minimum absolute atomic E-state index is 0.162. The van der Waals surface area contributed by atoms with Crippen molar-refractivity contribution >= 4 is 23.6 Å². The van der Waals surface area contributed by atoms with Gasteiger partial charge in [-0.25, -0.2) is 4.98 Å². The second kappa shape index (κ2) is 10.0. The van der Waals surface area contributed by atoms with Crippen molar-refractivity contribution in [3.8, 4) is 11.5 Å². The van der Waals surface area contributed by atoms with Gasteiger partial charge in [0.05, 0.1) is 17.4 Å². The van der Waals surface area contributed by atoms with Gasteiger partial charge in [-0.3, -0.25) is 9.59 Å². The molecule has 0 aliphatic carbocycles. The molecule has 0 spiro atoms. The predicted molar refractivity (Wildman–Crippen MR) is 102 cm³/mol. The fraction of sp³-hybridized carbons (Fsp3) is 0.421. The number of carbonyl (C=O) groups excluding carboxylic acids is 1. The summed E-state index contributed by atoms with van der Waals surface area (Å²) in [6.07, 6.45) is 2.14. The molecule has 0 radical (unpaired) electrons. The van der Waals surface area contributed by atoms with E-state index in [0.29, 0.717) is 18.1 Å². The Bertz CT molecular complexity index is 715. The third-order valence-electron chi connectivity index (χ3n) is 3.71. The maximum Gasteiger partial charge on any atom is 0.308 e. The molecule has 0 bridgehead atoms. The van der Waals surface area contributed by atoms with Crippen LogP contribution in [0.5, 0.6) is 0 Å². The second-order valence-corrected chi connectivity index (χ2v) is 7.46. The highest BCUT2D eigenvalue weighted by molar-refractivity contribution is 7.99. The fourth-order valence-electron chi connectivity index (χ4n) is 2.46. The molecule has 0 fully saturated rings. The first-order chi connectivity index (χ1) is 12.5. The molecule has 6 nitrogen and oxygen atoms in total. The number of hydrogen-bond acceptors (Lipinski definition) is 5. The van der Waals surface area contributed by atoms with E-state index in [4.69, 9.17) is 4.42 Å². The average molecular weight is 376 g/mol. The Morgan fingerprint density at radius 3 is 2.65 bits per heavy atom. The van der Waals surface area contributed by atoms with Gasteiger partial charge in [0.25, 0.3) is 0 Å². The first-order valence-electron chi connectivity index (χ1n) is 8.52. The molecule has 2 N–H and O–H groups in total. The Hall–Kier alpha value is -2.28. The van der Waals surface area contributed by atoms with Crippen LogP contribution in [0.25, 0.3) is 11.5 Å². The highest BCUT2D eigenvalue weighted by Crippen LogP contribution is 2.20. The molecular weight excluding hydrogens is 352 g/mol. The van der Waals surface area contributed by atoms with Crippen molar-refractivity contribution in [3.05, 3.63) is 42.3 Å². The molecule has 0 aliphatic heterocycles. The summed E-state index contributed by atoms with van der Waals surface area (Å²) < 4.78 is 5.46. The zero-order valence-corrected chi connectivity index (χ0v) is 15.8. The van der Waals surface area contributed by atoms with Gasteiger partial charge in [0.15, 0.2) is 0 Å². The number of hydrogen-bond donors (Lipinski definition) is 2. The van der Waals surface area contributed by atoms with E-state index in [9.17, 15) is 14.7 Å². The van der Waals surface area contributed by atoms with Crippen molar-refractivity contribution in [2.45, 2.75) is 26.0 Å². The molecule has 0 saturated heterocycles. The molecule has 2 aromatic rings. The van der Waals surface area contributed by atoms with Gasteiger partial charge >= 0.3 is 5.97 Å². The third-order valence-corrected chi connectivity index (χ3v) is 4.67. The van der Waals surface area contributed by atoms with Crippen LogP contribution in [0.15, 0.2) is 41.0 Å². The number of nitrogens with zero attached hydrogens (tertiary/aromatic N) is 1. The van der Waals surface area contributed by atoms with Crippen LogP contribution in [-0.2, 0) is 15.3 Å². The van der Waals surface area contributed by atoms with E-state index in [2.05, 4.69) is 10.3 Å². The highest BCUT2D eigenvalue weighted by Gasteiger charge is 2.19. The number of amides is 1. The highest BCUT2D eigenvalue weighted by atomic mass is 32.2. The van der Waals surface area contributed by atoms with Crippen LogP contribution in [0.1, 0.15) is 26.0 Å². The molecule has 7 heteroatoms. The number of oxazole rings is 1. The van der Waals surface area contributed by atoms with Crippen LogP contribution >= 0.6 is 11.8 Å². The summed E-state index contributed by atoms with van der Waals surface area (Å²) in [7, 11) is 0. The molecule has 1 aromatic heterocycles. The van der Waals surface area contributed by atoms with E-state index in [1.165, 1.54) is 11.8 Å². The van der Waals surface area contributed by atoms with E-state index < -0.39 is 11.9 Å². The van der Waals surface area contributed by atoms with Gasteiger partial charge in [-0.1, -0.05) is 32.0 Å². The number of carboxylic acids is 1. The maximum atomic E-state index is 11.9. The largest absolute Gasteiger partial charge is 0.481 e. The van der Waals surface area contributed by atoms with Gasteiger partial charge in [-0.05, 0) is 24.5 Å². The SMILES string of the molecule is CC(C)CC(CNC(=O)CSCc1coc(-c2ccccc2)n1)C(=O)O. The van der Waals surface area contributed by atoms with E-state index in [-0.39, 0.29) is 24.1 Å². The normalized spacial score (nSPS) is 12.1. The maximum absolute atomic E-state index is 11.9. The molecule has 0 aliphatic rings. The van der Waals surface area contributed by atoms with Crippen molar-refractivity contribution in [2.24, 2.45) is 11.8 Å². The lowest BCUT2D eigenvalue weighted by Crippen LogP contribution is -2.34. The predicted octanol–water partition coefficient (Wildman–Crippen LogP) is 3.44. The fourth-order valence-corrected chi connectivity index (χ4v) is 3.19. The smallest absolute Gasteiger partial charge is 0.308 e.